The summed E-state index contributed by atoms with van der Waals surface area (Å²) in [4.78, 5) is 14.0. The molecule has 0 aromatic carbocycles. The topological polar surface area (TPSA) is 32.3 Å². The van der Waals surface area contributed by atoms with Crippen LogP contribution in [0.5, 0.6) is 0 Å². The van der Waals surface area contributed by atoms with Crippen LogP contribution in [0.1, 0.15) is 19.8 Å². The maximum Gasteiger partial charge on any atom is 0.240 e. The first-order chi connectivity index (χ1) is 6.81. The van der Waals surface area contributed by atoms with Gasteiger partial charge in [0.05, 0.1) is 6.04 Å². The zero-order valence-electron chi connectivity index (χ0n) is 8.66. The highest BCUT2D eigenvalue weighted by Crippen LogP contribution is 2.21. The smallest absolute Gasteiger partial charge is 0.240 e. The molecular formula is C10H18N2OS. The number of hydrogen-bond donors (Lipinski definition) is 1. The highest BCUT2D eigenvalue weighted by Gasteiger charge is 2.31. The molecule has 2 rings (SSSR count). The maximum atomic E-state index is 12.0. The molecule has 0 aromatic rings. The Bertz CT molecular complexity index is 216. The van der Waals surface area contributed by atoms with Crippen molar-refractivity contribution in [2.45, 2.75) is 25.8 Å². The number of amides is 1. The molecule has 2 fully saturated rings. The van der Waals surface area contributed by atoms with Crippen molar-refractivity contribution in [3.8, 4) is 0 Å². The van der Waals surface area contributed by atoms with Crippen molar-refractivity contribution in [2.75, 3.05) is 24.7 Å². The van der Waals surface area contributed by atoms with Crippen LogP contribution in [0.3, 0.4) is 0 Å². The van der Waals surface area contributed by atoms with Gasteiger partial charge in [-0.1, -0.05) is 13.3 Å². The van der Waals surface area contributed by atoms with Crippen LogP contribution < -0.4 is 5.32 Å². The predicted octanol–water partition coefficient (Wildman–Crippen LogP) is 0.907. The van der Waals surface area contributed by atoms with Crippen molar-refractivity contribution >= 4 is 17.7 Å². The third-order valence-electron chi connectivity index (χ3n) is 3.19. The largest absolute Gasteiger partial charge is 0.341 e. The second-order valence-electron chi connectivity index (χ2n) is 4.12. The Kier molecular flexibility index (Phi) is 3.34. The summed E-state index contributed by atoms with van der Waals surface area (Å²) >= 11 is 1.82. The van der Waals surface area contributed by atoms with Crippen molar-refractivity contribution in [3.05, 3.63) is 0 Å². The van der Waals surface area contributed by atoms with Gasteiger partial charge in [0.15, 0.2) is 0 Å². The Morgan fingerprint density at radius 1 is 1.64 bits per heavy atom. The van der Waals surface area contributed by atoms with Gasteiger partial charge in [0.1, 0.15) is 0 Å². The number of rotatable bonds is 2. The molecule has 2 saturated heterocycles. The fourth-order valence-corrected chi connectivity index (χ4v) is 3.07. The van der Waals surface area contributed by atoms with Gasteiger partial charge < -0.3 is 4.90 Å². The standard InChI is InChI=1S/C10H18N2OS/c1-2-8-3-4-12(5-8)10(13)9-6-14-7-11-9/h8-9,11H,2-7H2,1H3/t8?,9-/m1/s1. The van der Waals surface area contributed by atoms with Gasteiger partial charge in [-0.3, -0.25) is 10.1 Å². The highest BCUT2D eigenvalue weighted by molar-refractivity contribution is 7.99. The summed E-state index contributed by atoms with van der Waals surface area (Å²) in [7, 11) is 0. The van der Waals surface area contributed by atoms with Gasteiger partial charge in [0.25, 0.3) is 0 Å². The van der Waals surface area contributed by atoms with E-state index in [9.17, 15) is 4.79 Å². The van der Waals surface area contributed by atoms with Crippen LogP contribution >= 0.6 is 11.8 Å². The number of likely N-dealkylation sites (tertiary alicyclic amines) is 1. The molecule has 2 aliphatic rings. The lowest BCUT2D eigenvalue weighted by Gasteiger charge is -2.20. The molecule has 4 heteroatoms. The SMILES string of the molecule is CCC1CCN(C(=O)[C@H]2CSCN2)C1. The summed E-state index contributed by atoms with van der Waals surface area (Å²) in [6.45, 7) is 4.17. The quantitative estimate of drug-likeness (QED) is 0.741. The van der Waals surface area contributed by atoms with Crippen LogP contribution in [0, 0.1) is 5.92 Å². The van der Waals surface area contributed by atoms with E-state index in [2.05, 4.69) is 12.2 Å². The second-order valence-corrected chi connectivity index (χ2v) is 5.15. The minimum absolute atomic E-state index is 0.0932. The zero-order chi connectivity index (χ0) is 9.97. The average molecular weight is 214 g/mol. The summed E-state index contributed by atoms with van der Waals surface area (Å²) in [6.07, 6.45) is 2.40. The molecule has 3 nitrogen and oxygen atoms in total. The van der Waals surface area contributed by atoms with E-state index in [0.717, 1.165) is 30.6 Å². The molecule has 1 unspecified atom stereocenters. The summed E-state index contributed by atoms with van der Waals surface area (Å²) in [5.41, 5.74) is 0. The van der Waals surface area contributed by atoms with E-state index in [4.69, 9.17) is 0 Å². The zero-order valence-corrected chi connectivity index (χ0v) is 9.48. The van der Waals surface area contributed by atoms with Crippen molar-refractivity contribution < 1.29 is 4.79 Å². The first-order valence-electron chi connectivity index (χ1n) is 5.41. The van der Waals surface area contributed by atoms with E-state index in [-0.39, 0.29) is 6.04 Å². The molecule has 0 spiro atoms. The normalized spacial score (nSPS) is 32.5. The fraction of sp³-hybridized carbons (Fsp3) is 0.900. The molecule has 0 bridgehead atoms. The number of carbonyl (C=O) groups is 1. The third-order valence-corrected chi connectivity index (χ3v) is 4.13. The van der Waals surface area contributed by atoms with Crippen LogP contribution in [0.2, 0.25) is 0 Å². The van der Waals surface area contributed by atoms with Gasteiger partial charge in [-0.15, -0.1) is 11.8 Å². The lowest BCUT2D eigenvalue weighted by atomic mass is 10.1. The molecule has 80 valence electrons. The lowest BCUT2D eigenvalue weighted by molar-refractivity contribution is -0.131. The van der Waals surface area contributed by atoms with E-state index in [1.165, 1.54) is 12.8 Å². The van der Waals surface area contributed by atoms with Gasteiger partial charge in [-0.05, 0) is 12.3 Å². The van der Waals surface area contributed by atoms with Gasteiger partial charge in [-0.25, -0.2) is 0 Å². The molecule has 14 heavy (non-hydrogen) atoms. The number of hydrogen-bond acceptors (Lipinski definition) is 3. The summed E-state index contributed by atoms with van der Waals surface area (Å²) in [5, 5.41) is 3.24. The Morgan fingerprint density at radius 3 is 3.07 bits per heavy atom. The molecule has 0 radical (unpaired) electrons. The van der Waals surface area contributed by atoms with Crippen molar-refractivity contribution in [2.24, 2.45) is 5.92 Å². The molecule has 2 atom stereocenters. The molecule has 2 aliphatic heterocycles. The average Bonchev–Trinajstić information content (AvgIpc) is 2.88. The van der Waals surface area contributed by atoms with Gasteiger partial charge in [-0.2, -0.15) is 0 Å². The molecule has 2 heterocycles. The van der Waals surface area contributed by atoms with Crippen LogP contribution in [0.15, 0.2) is 0 Å². The molecular weight excluding hydrogens is 196 g/mol. The van der Waals surface area contributed by atoms with E-state index in [1.807, 2.05) is 16.7 Å². The summed E-state index contributed by atoms with van der Waals surface area (Å²) in [6, 6.07) is 0.0932. The number of nitrogens with one attached hydrogen (secondary N) is 1. The molecule has 0 aromatic heterocycles. The summed E-state index contributed by atoms with van der Waals surface area (Å²) < 4.78 is 0. The monoisotopic (exact) mass is 214 g/mol. The first-order valence-corrected chi connectivity index (χ1v) is 6.56. The van der Waals surface area contributed by atoms with Crippen molar-refractivity contribution in [1.82, 2.24) is 10.2 Å². The van der Waals surface area contributed by atoms with Crippen LogP contribution in [-0.4, -0.2) is 41.6 Å². The Hall–Kier alpha value is -0.220. The number of carbonyl (C=O) groups excluding carboxylic acids is 1. The Balaban J connectivity index is 1.86. The molecule has 0 saturated carbocycles. The van der Waals surface area contributed by atoms with E-state index in [0.29, 0.717) is 5.91 Å². The highest BCUT2D eigenvalue weighted by atomic mass is 32.2. The first kappa shape index (κ1) is 10.3. The molecule has 0 aliphatic carbocycles. The van der Waals surface area contributed by atoms with Crippen LogP contribution in [0.4, 0.5) is 0 Å². The second kappa shape index (κ2) is 4.53. The maximum absolute atomic E-state index is 12.0. The predicted molar refractivity (Wildman–Crippen MR) is 59.2 cm³/mol. The third kappa shape index (κ3) is 2.06. The minimum atomic E-state index is 0.0932. The summed E-state index contributed by atoms with van der Waals surface area (Å²) in [5.74, 6) is 2.95. The number of nitrogens with zero attached hydrogens (tertiary/aromatic N) is 1. The lowest BCUT2D eigenvalue weighted by Crippen LogP contribution is -2.43. The van der Waals surface area contributed by atoms with Gasteiger partial charge >= 0.3 is 0 Å². The van der Waals surface area contributed by atoms with E-state index in [1.54, 1.807) is 0 Å². The fourth-order valence-electron chi connectivity index (χ4n) is 2.14. The molecule has 1 N–H and O–H groups in total. The van der Waals surface area contributed by atoms with E-state index >= 15 is 0 Å². The van der Waals surface area contributed by atoms with E-state index < -0.39 is 0 Å². The van der Waals surface area contributed by atoms with Crippen molar-refractivity contribution in [1.29, 1.82) is 0 Å². The Morgan fingerprint density at radius 2 is 2.50 bits per heavy atom. The Labute approximate surface area is 89.6 Å². The number of thioether (sulfide) groups is 1. The van der Waals surface area contributed by atoms with Gasteiger partial charge in [0.2, 0.25) is 5.91 Å². The van der Waals surface area contributed by atoms with Crippen molar-refractivity contribution in [3.63, 3.8) is 0 Å². The minimum Gasteiger partial charge on any atom is -0.341 e. The van der Waals surface area contributed by atoms with Gasteiger partial charge in [0, 0.05) is 24.7 Å². The van der Waals surface area contributed by atoms with Crippen LogP contribution in [0.25, 0.3) is 0 Å². The molecule has 1 amide bonds. The van der Waals surface area contributed by atoms with Crippen LogP contribution in [-0.2, 0) is 4.79 Å².